The molecule has 0 aliphatic carbocycles. The molecule has 14 heavy (non-hydrogen) atoms. The number of hydrogen-bond acceptors (Lipinski definition) is 2. The summed E-state index contributed by atoms with van der Waals surface area (Å²) in [5.74, 6) is 0. The molecule has 0 spiro atoms. The Hall–Kier alpha value is -0.960. The highest BCUT2D eigenvalue weighted by atomic mass is 32.2. The van der Waals surface area contributed by atoms with Gasteiger partial charge >= 0.3 is 0 Å². The van der Waals surface area contributed by atoms with Gasteiger partial charge in [0, 0.05) is 12.3 Å². The Labute approximate surface area is 88.3 Å². The Kier molecular flexibility index (Phi) is 2.50. The summed E-state index contributed by atoms with van der Waals surface area (Å²) in [6.07, 6.45) is 0. The van der Waals surface area contributed by atoms with E-state index < -0.39 is 0 Å². The quantitative estimate of drug-likeness (QED) is 0.703. The van der Waals surface area contributed by atoms with Crippen LogP contribution >= 0.6 is 11.8 Å². The number of para-hydroxylation sites is 2. The van der Waals surface area contributed by atoms with Gasteiger partial charge in [-0.15, -0.1) is 0 Å². The molecular weight excluding hydrogens is 192 g/mol. The molecule has 0 fully saturated rings. The van der Waals surface area contributed by atoms with Gasteiger partial charge in [-0.25, -0.2) is 4.98 Å². The van der Waals surface area contributed by atoms with E-state index in [0.29, 0.717) is 5.25 Å². The summed E-state index contributed by atoms with van der Waals surface area (Å²) in [7, 11) is 2.07. The Morgan fingerprint density at radius 3 is 2.64 bits per heavy atom. The van der Waals surface area contributed by atoms with Crippen molar-refractivity contribution >= 4 is 22.8 Å². The van der Waals surface area contributed by atoms with E-state index in [0.717, 1.165) is 10.7 Å². The number of imidazole rings is 1. The molecule has 0 saturated carbocycles. The van der Waals surface area contributed by atoms with Gasteiger partial charge in [-0.05, 0) is 12.1 Å². The molecule has 0 aliphatic heterocycles. The molecule has 0 bridgehead atoms. The zero-order valence-corrected chi connectivity index (χ0v) is 9.51. The van der Waals surface area contributed by atoms with Crippen LogP contribution in [-0.2, 0) is 7.05 Å². The number of benzene rings is 1. The summed E-state index contributed by atoms with van der Waals surface area (Å²) in [6, 6.07) is 8.24. The van der Waals surface area contributed by atoms with Gasteiger partial charge in [0.2, 0.25) is 0 Å². The first-order chi connectivity index (χ1) is 6.68. The maximum absolute atomic E-state index is 4.58. The molecule has 2 nitrogen and oxygen atoms in total. The molecule has 0 unspecified atom stereocenters. The van der Waals surface area contributed by atoms with Gasteiger partial charge in [-0.2, -0.15) is 0 Å². The molecule has 2 rings (SSSR count). The third kappa shape index (κ3) is 1.64. The van der Waals surface area contributed by atoms with Crippen LogP contribution in [0.1, 0.15) is 13.8 Å². The minimum atomic E-state index is 0.575. The molecule has 1 aromatic heterocycles. The van der Waals surface area contributed by atoms with Crippen molar-refractivity contribution in [2.75, 3.05) is 0 Å². The van der Waals surface area contributed by atoms with Crippen molar-refractivity contribution in [1.29, 1.82) is 0 Å². The van der Waals surface area contributed by atoms with Crippen LogP contribution in [0.2, 0.25) is 0 Å². The lowest BCUT2D eigenvalue weighted by molar-refractivity contribution is 0.811. The van der Waals surface area contributed by atoms with Gasteiger partial charge in [0.25, 0.3) is 0 Å². The molecule has 0 saturated heterocycles. The highest BCUT2D eigenvalue weighted by Crippen LogP contribution is 2.25. The maximum atomic E-state index is 4.58. The van der Waals surface area contributed by atoms with Crippen LogP contribution in [0.25, 0.3) is 11.0 Å². The lowest BCUT2D eigenvalue weighted by Crippen LogP contribution is -1.94. The third-order valence-corrected chi connectivity index (χ3v) is 3.13. The fourth-order valence-electron chi connectivity index (χ4n) is 1.44. The molecule has 3 heteroatoms. The van der Waals surface area contributed by atoms with E-state index in [9.17, 15) is 0 Å². The predicted molar refractivity (Wildman–Crippen MR) is 61.7 cm³/mol. The minimum Gasteiger partial charge on any atom is -0.322 e. The molecule has 0 atom stereocenters. The summed E-state index contributed by atoms with van der Waals surface area (Å²) < 4.78 is 2.15. The van der Waals surface area contributed by atoms with E-state index >= 15 is 0 Å². The number of thioether (sulfide) groups is 1. The standard InChI is InChI=1S/C11H14N2S/c1-8(2)14-11-12-9-6-4-5-7-10(9)13(11)3/h4-8H,1-3H3. The third-order valence-electron chi connectivity index (χ3n) is 2.09. The van der Waals surface area contributed by atoms with Crippen LogP contribution in [0.15, 0.2) is 29.4 Å². The minimum absolute atomic E-state index is 0.575. The Morgan fingerprint density at radius 2 is 2.00 bits per heavy atom. The van der Waals surface area contributed by atoms with Gasteiger partial charge < -0.3 is 4.57 Å². The highest BCUT2D eigenvalue weighted by molar-refractivity contribution is 7.99. The van der Waals surface area contributed by atoms with Crippen molar-refractivity contribution in [2.45, 2.75) is 24.3 Å². The molecule has 74 valence electrons. The van der Waals surface area contributed by atoms with E-state index in [1.54, 1.807) is 11.8 Å². The van der Waals surface area contributed by atoms with Gasteiger partial charge in [0.15, 0.2) is 5.16 Å². The summed E-state index contributed by atoms with van der Waals surface area (Å²) in [4.78, 5) is 4.58. The predicted octanol–water partition coefficient (Wildman–Crippen LogP) is 3.07. The molecule has 1 heterocycles. The number of rotatable bonds is 2. The molecule has 1 aromatic carbocycles. The Balaban J connectivity index is 2.51. The summed E-state index contributed by atoms with van der Waals surface area (Å²) >= 11 is 1.80. The fraction of sp³-hybridized carbons (Fsp3) is 0.364. The lowest BCUT2D eigenvalue weighted by atomic mass is 10.3. The average molecular weight is 206 g/mol. The van der Waals surface area contributed by atoms with Gasteiger partial charge in [0.05, 0.1) is 11.0 Å². The molecule has 0 N–H and O–H groups in total. The smallest absolute Gasteiger partial charge is 0.169 e. The monoisotopic (exact) mass is 206 g/mol. The number of aromatic nitrogens is 2. The highest BCUT2D eigenvalue weighted by Gasteiger charge is 2.08. The van der Waals surface area contributed by atoms with Gasteiger partial charge in [0.1, 0.15) is 0 Å². The molecule has 0 aliphatic rings. The first-order valence-corrected chi connectivity index (χ1v) is 5.64. The Bertz CT molecular complexity index is 445. The second-order valence-corrected chi connectivity index (χ2v) is 5.15. The van der Waals surface area contributed by atoms with Crippen LogP contribution in [0.4, 0.5) is 0 Å². The van der Waals surface area contributed by atoms with Gasteiger partial charge in [-0.1, -0.05) is 37.7 Å². The number of aryl methyl sites for hydroxylation is 1. The van der Waals surface area contributed by atoms with E-state index in [-0.39, 0.29) is 0 Å². The topological polar surface area (TPSA) is 17.8 Å². The van der Waals surface area contributed by atoms with Crippen LogP contribution in [-0.4, -0.2) is 14.8 Å². The van der Waals surface area contributed by atoms with Crippen molar-refractivity contribution in [2.24, 2.45) is 7.05 Å². The van der Waals surface area contributed by atoms with Crippen LogP contribution in [0.5, 0.6) is 0 Å². The normalized spacial score (nSPS) is 11.4. The summed E-state index contributed by atoms with van der Waals surface area (Å²) in [5, 5.41) is 1.67. The molecule has 0 radical (unpaired) electrons. The van der Waals surface area contributed by atoms with Crippen LogP contribution in [0, 0.1) is 0 Å². The lowest BCUT2D eigenvalue weighted by Gasteiger charge is -2.03. The number of fused-ring (bicyclic) bond motifs is 1. The molecule has 2 aromatic rings. The zero-order valence-electron chi connectivity index (χ0n) is 8.69. The van der Waals surface area contributed by atoms with Crippen molar-refractivity contribution in [3.63, 3.8) is 0 Å². The van der Waals surface area contributed by atoms with E-state index in [4.69, 9.17) is 0 Å². The fourth-order valence-corrected chi connectivity index (χ4v) is 2.27. The van der Waals surface area contributed by atoms with Crippen LogP contribution in [0.3, 0.4) is 0 Å². The van der Waals surface area contributed by atoms with E-state index in [1.807, 2.05) is 12.1 Å². The van der Waals surface area contributed by atoms with Crippen molar-refractivity contribution in [1.82, 2.24) is 9.55 Å². The molecular formula is C11H14N2S. The second kappa shape index (κ2) is 3.65. The van der Waals surface area contributed by atoms with Crippen molar-refractivity contribution in [3.8, 4) is 0 Å². The second-order valence-electron chi connectivity index (χ2n) is 3.61. The number of hydrogen-bond donors (Lipinski definition) is 0. The average Bonchev–Trinajstić information content (AvgIpc) is 2.44. The largest absolute Gasteiger partial charge is 0.322 e. The first kappa shape index (κ1) is 9.59. The maximum Gasteiger partial charge on any atom is 0.169 e. The SMILES string of the molecule is CC(C)Sc1nc2ccccc2n1C. The van der Waals surface area contributed by atoms with E-state index in [1.165, 1.54) is 5.52 Å². The molecule has 0 amide bonds. The summed E-state index contributed by atoms with van der Waals surface area (Å²) in [6.45, 7) is 4.37. The Morgan fingerprint density at radius 1 is 1.29 bits per heavy atom. The zero-order chi connectivity index (χ0) is 10.1. The van der Waals surface area contributed by atoms with Gasteiger partial charge in [-0.3, -0.25) is 0 Å². The van der Waals surface area contributed by atoms with Crippen LogP contribution < -0.4 is 0 Å². The summed E-state index contributed by atoms with van der Waals surface area (Å²) in [5.41, 5.74) is 2.29. The number of nitrogens with zero attached hydrogens (tertiary/aromatic N) is 2. The first-order valence-electron chi connectivity index (χ1n) is 4.76. The van der Waals surface area contributed by atoms with Crippen molar-refractivity contribution in [3.05, 3.63) is 24.3 Å². The van der Waals surface area contributed by atoms with Crippen molar-refractivity contribution < 1.29 is 0 Å². The van der Waals surface area contributed by atoms with E-state index in [2.05, 4.69) is 42.6 Å².